The summed E-state index contributed by atoms with van der Waals surface area (Å²) >= 11 is 0. The summed E-state index contributed by atoms with van der Waals surface area (Å²) in [5.74, 6) is 0.493. The van der Waals surface area contributed by atoms with Gasteiger partial charge in [-0.15, -0.1) is 0 Å². The maximum Gasteiger partial charge on any atom is 0.289 e. The molecule has 1 aliphatic rings. The summed E-state index contributed by atoms with van der Waals surface area (Å²) in [7, 11) is 0. The number of hydrogen-bond donors (Lipinski definition) is 0. The SMILES string of the molecule is CCCCC(=O)N1CCCN(C(=O)c2ccco2)CC1. The van der Waals surface area contributed by atoms with Gasteiger partial charge in [-0.3, -0.25) is 9.59 Å². The van der Waals surface area contributed by atoms with Crippen LogP contribution in [-0.2, 0) is 4.79 Å². The highest BCUT2D eigenvalue weighted by Crippen LogP contribution is 2.11. The predicted molar refractivity (Wildman–Crippen MR) is 75.3 cm³/mol. The van der Waals surface area contributed by atoms with E-state index in [1.165, 1.54) is 6.26 Å². The molecular formula is C15H22N2O3. The molecule has 0 aliphatic carbocycles. The summed E-state index contributed by atoms with van der Waals surface area (Å²) in [6, 6.07) is 3.39. The lowest BCUT2D eigenvalue weighted by atomic mass is 10.2. The van der Waals surface area contributed by atoms with Gasteiger partial charge in [-0.25, -0.2) is 0 Å². The van der Waals surface area contributed by atoms with E-state index in [2.05, 4.69) is 6.92 Å². The van der Waals surface area contributed by atoms with Crippen molar-refractivity contribution in [1.82, 2.24) is 9.80 Å². The van der Waals surface area contributed by atoms with Gasteiger partial charge in [0.2, 0.25) is 5.91 Å². The fourth-order valence-corrected chi connectivity index (χ4v) is 2.41. The second-order valence-corrected chi connectivity index (χ2v) is 5.11. The highest BCUT2D eigenvalue weighted by molar-refractivity contribution is 5.91. The Hall–Kier alpha value is -1.78. The van der Waals surface area contributed by atoms with Gasteiger partial charge in [0.15, 0.2) is 5.76 Å². The second-order valence-electron chi connectivity index (χ2n) is 5.11. The van der Waals surface area contributed by atoms with E-state index in [-0.39, 0.29) is 11.8 Å². The lowest BCUT2D eigenvalue weighted by Crippen LogP contribution is -2.37. The molecule has 1 fully saturated rings. The van der Waals surface area contributed by atoms with Crippen LogP contribution in [0, 0.1) is 0 Å². The van der Waals surface area contributed by atoms with E-state index in [4.69, 9.17) is 4.42 Å². The highest BCUT2D eigenvalue weighted by atomic mass is 16.3. The second kappa shape index (κ2) is 7.12. The van der Waals surface area contributed by atoms with Crippen molar-refractivity contribution >= 4 is 11.8 Å². The molecule has 0 unspecified atom stereocenters. The molecule has 2 amide bonds. The molecule has 1 aromatic heterocycles. The summed E-state index contributed by atoms with van der Waals surface area (Å²) in [6.45, 7) is 4.70. The molecule has 1 aromatic rings. The molecule has 0 aromatic carbocycles. The first-order chi connectivity index (χ1) is 9.72. The van der Waals surface area contributed by atoms with Crippen LogP contribution in [0.15, 0.2) is 22.8 Å². The van der Waals surface area contributed by atoms with E-state index in [0.29, 0.717) is 31.8 Å². The van der Waals surface area contributed by atoms with Crippen LogP contribution in [-0.4, -0.2) is 47.8 Å². The first kappa shape index (κ1) is 14.6. The van der Waals surface area contributed by atoms with E-state index in [0.717, 1.165) is 25.8 Å². The first-order valence-corrected chi connectivity index (χ1v) is 7.33. The molecule has 1 aliphatic heterocycles. The van der Waals surface area contributed by atoms with Gasteiger partial charge in [0.25, 0.3) is 5.91 Å². The zero-order valence-corrected chi connectivity index (χ0v) is 12.0. The molecule has 0 saturated carbocycles. The van der Waals surface area contributed by atoms with Crippen LogP contribution in [0.5, 0.6) is 0 Å². The van der Waals surface area contributed by atoms with E-state index in [9.17, 15) is 9.59 Å². The standard InChI is InChI=1S/C15H22N2O3/c1-2-3-7-14(18)16-8-5-9-17(11-10-16)15(19)13-6-4-12-20-13/h4,6,12H,2-3,5,7-11H2,1H3. The average Bonchev–Trinajstić information content (AvgIpc) is 2.88. The van der Waals surface area contributed by atoms with Crippen molar-refractivity contribution in [2.75, 3.05) is 26.2 Å². The van der Waals surface area contributed by atoms with Crippen molar-refractivity contribution in [3.8, 4) is 0 Å². The minimum atomic E-state index is -0.0853. The van der Waals surface area contributed by atoms with Gasteiger partial charge in [-0.05, 0) is 25.0 Å². The van der Waals surface area contributed by atoms with Crippen molar-refractivity contribution in [1.29, 1.82) is 0 Å². The molecule has 0 spiro atoms. The molecule has 0 N–H and O–H groups in total. The van der Waals surface area contributed by atoms with Crippen molar-refractivity contribution in [2.45, 2.75) is 32.6 Å². The Morgan fingerprint density at radius 3 is 2.65 bits per heavy atom. The van der Waals surface area contributed by atoms with Gasteiger partial charge >= 0.3 is 0 Å². The zero-order valence-electron chi connectivity index (χ0n) is 12.0. The Bertz CT molecular complexity index is 442. The number of amides is 2. The Morgan fingerprint density at radius 1 is 1.20 bits per heavy atom. The largest absolute Gasteiger partial charge is 0.459 e. The monoisotopic (exact) mass is 278 g/mol. The fraction of sp³-hybridized carbons (Fsp3) is 0.600. The van der Waals surface area contributed by atoms with Crippen molar-refractivity contribution in [3.05, 3.63) is 24.2 Å². The predicted octanol–water partition coefficient (Wildman–Crippen LogP) is 2.14. The molecule has 5 heteroatoms. The van der Waals surface area contributed by atoms with Crippen molar-refractivity contribution in [2.24, 2.45) is 0 Å². The van der Waals surface area contributed by atoms with E-state index in [1.807, 2.05) is 4.90 Å². The molecular weight excluding hydrogens is 256 g/mol. The number of rotatable bonds is 4. The minimum Gasteiger partial charge on any atom is -0.459 e. The van der Waals surface area contributed by atoms with Crippen molar-refractivity contribution in [3.63, 3.8) is 0 Å². The lowest BCUT2D eigenvalue weighted by Gasteiger charge is -2.21. The number of unbranched alkanes of at least 4 members (excludes halogenated alkanes) is 1. The summed E-state index contributed by atoms with van der Waals surface area (Å²) in [6.07, 6.45) is 4.91. The fourth-order valence-electron chi connectivity index (χ4n) is 2.41. The van der Waals surface area contributed by atoms with E-state index < -0.39 is 0 Å². The maximum absolute atomic E-state index is 12.2. The Morgan fingerprint density at radius 2 is 1.95 bits per heavy atom. The van der Waals surface area contributed by atoms with Gasteiger partial charge in [0, 0.05) is 32.6 Å². The van der Waals surface area contributed by atoms with Crippen LogP contribution in [0.25, 0.3) is 0 Å². The van der Waals surface area contributed by atoms with Gasteiger partial charge in [-0.2, -0.15) is 0 Å². The summed E-state index contributed by atoms with van der Waals surface area (Å²) < 4.78 is 5.14. The molecule has 2 heterocycles. The summed E-state index contributed by atoms with van der Waals surface area (Å²) in [5.41, 5.74) is 0. The number of carbonyl (C=O) groups is 2. The third-order valence-electron chi connectivity index (χ3n) is 3.61. The normalized spacial score (nSPS) is 16.1. The van der Waals surface area contributed by atoms with Crippen LogP contribution in [0.3, 0.4) is 0 Å². The molecule has 0 bridgehead atoms. The Balaban J connectivity index is 1.89. The van der Waals surface area contributed by atoms with Crippen LogP contribution in [0.4, 0.5) is 0 Å². The Labute approximate surface area is 119 Å². The maximum atomic E-state index is 12.2. The van der Waals surface area contributed by atoms with Crippen LogP contribution < -0.4 is 0 Å². The van der Waals surface area contributed by atoms with Crippen LogP contribution in [0.2, 0.25) is 0 Å². The number of nitrogens with zero attached hydrogens (tertiary/aromatic N) is 2. The summed E-state index contributed by atoms with van der Waals surface area (Å²) in [5, 5.41) is 0. The van der Waals surface area contributed by atoms with E-state index >= 15 is 0 Å². The minimum absolute atomic E-state index is 0.0853. The zero-order chi connectivity index (χ0) is 14.4. The molecule has 0 radical (unpaired) electrons. The third-order valence-corrected chi connectivity index (χ3v) is 3.61. The smallest absolute Gasteiger partial charge is 0.289 e. The summed E-state index contributed by atoms with van der Waals surface area (Å²) in [4.78, 5) is 27.9. The molecule has 110 valence electrons. The number of carbonyl (C=O) groups excluding carboxylic acids is 2. The van der Waals surface area contributed by atoms with Gasteiger partial charge in [-0.1, -0.05) is 13.3 Å². The quantitative estimate of drug-likeness (QED) is 0.848. The van der Waals surface area contributed by atoms with Gasteiger partial charge in [0.1, 0.15) is 0 Å². The van der Waals surface area contributed by atoms with Crippen LogP contribution in [0.1, 0.15) is 43.2 Å². The third kappa shape index (κ3) is 3.62. The lowest BCUT2D eigenvalue weighted by molar-refractivity contribution is -0.131. The molecule has 5 nitrogen and oxygen atoms in total. The molecule has 20 heavy (non-hydrogen) atoms. The van der Waals surface area contributed by atoms with Gasteiger partial charge < -0.3 is 14.2 Å². The number of furan rings is 1. The first-order valence-electron chi connectivity index (χ1n) is 7.33. The van der Waals surface area contributed by atoms with Crippen molar-refractivity contribution < 1.29 is 14.0 Å². The van der Waals surface area contributed by atoms with Gasteiger partial charge in [0.05, 0.1) is 6.26 Å². The highest BCUT2D eigenvalue weighted by Gasteiger charge is 2.23. The molecule has 2 rings (SSSR count). The average molecular weight is 278 g/mol. The molecule has 1 saturated heterocycles. The molecule has 0 atom stereocenters. The van der Waals surface area contributed by atoms with Crippen LogP contribution >= 0.6 is 0 Å². The topological polar surface area (TPSA) is 53.8 Å². The number of hydrogen-bond acceptors (Lipinski definition) is 3. The van der Waals surface area contributed by atoms with E-state index in [1.54, 1.807) is 17.0 Å². The Kier molecular flexibility index (Phi) is 5.21.